The lowest BCUT2D eigenvalue weighted by Gasteiger charge is -2.30. The first kappa shape index (κ1) is 16.2. The first-order chi connectivity index (χ1) is 11.1. The average molecular weight is 316 g/mol. The molecule has 0 spiro atoms. The van der Waals surface area contributed by atoms with Crippen LogP contribution in [0.4, 0.5) is 5.95 Å². The number of hydrogen-bond donors (Lipinski definition) is 1. The third-order valence-electron chi connectivity index (χ3n) is 5.08. The van der Waals surface area contributed by atoms with Gasteiger partial charge in [0.25, 0.3) is 5.91 Å². The van der Waals surface area contributed by atoms with Crippen LogP contribution in [0.3, 0.4) is 0 Å². The number of aromatic nitrogens is 2. The molecule has 0 atom stereocenters. The minimum Gasteiger partial charge on any atom is -0.348 e. The molecule has 2 fully saturated rings. The van der Waals surface area contributed by atoms with Crippen LogP contribution in [-0.4, -0.2) is 35.0 Å². The van der Waals surface area contributed by atoms with Crippen LogP contribution in [0, 0.1) is 12.8 Å². The zero-order chi connectivity index (χ0) is 16.2. The van der Waals surface area contributed by atoms with Gasteiger partial charge in [0.1, 0.15) is 5.69 Å². The summed E-state index contributed by atoms with van der Waals surface area (Å²) in [7, 11) is 0. The van der Waals surface area contributed by atoms with E-state index in [0.717, 1.165) is 37.5 Å². The van der Waals surface area contributed by atoms with Crippen LogP contribution in [0.25, 0.3) is 0 Å². The molecule has 0 bridgehead atoms. The van der Waals surface area contributed by atoms with E-state index in [2.05, 4.69) is 27.1 Å². The van der Waals surface area contributed by atoms with Gasteiger partial charge in [0.15, 0.2) is 0 Å². The fourth-order valence-corrected chi connectivity index (χ4v) is 3.53. The van der Waals surface area contributed by atoms with Gasteiger partial charge < -0.3 is 10.2 Å². The Morgan fingerprint density at radius 1 is 1.13 bits per heavy atom. The summed E-state index contributed by atoms with van der Waals surface area (Å²) in [4.78, 5) is 23.8. The third kappa shape index (κ3) is 4.21. The van der Waals surface area contributed by atoms with Gasteiger partial charge in [-0.15, -0.1) is 0 Å². The smallest absolute Gasteiger partial charge is 0.270 e. The highest BCUT2D eigenvalue weighted by molar-refractivity contribution is 5.92. The quantitative estimate of drug-likeness (QED) is 0.931. The Balaban J connectivity index is 1.70. The van der Waals surface area contributed by atoms with E-state index >= 15 is 0 Å². The molecular formula is C18H28N4O. The molecular weight excluding hydrogens is 288 g/mol. The van der Waals surface area contributed by atoms with Crippen LogP contribution in [0.5, 0.6) is 0 Å². The van der Waals surface area contributed by atoms with E-state index < -0.39 is 0 Å². The number of nitrogens with one attached hydrogen (secondary N) is 1. The number of piperidine rings is 1. The minimum absolute atomic E-state index is 0.0472. The van der Waals surface area contributed by atoms with E-state index in [4.69, 9.17) is 0 Å². The van der Waals surface area contributed by atoms with Crippen molar-refractivity contribution in [2.45, 2.75) is 64.8 Å². The van der Waals surface area contributed by atoms with Crippen LogP contribution < -0.4 is 10.2 Å². The molecule has 2 aliphatic rings. The van der Waals surface area contributed by atoms with Crippen molar-refractivity contribution in [1.29, 1.82) is 0 Å². The van der Waals surface area contributed by atoms with E-state index in [1.54, 1.807) is 6.07 Å². The van der Waals surface area contributed by atoms with Gasteiger partial charge in [-0.3, -0.25) is 4.79 Å². The first-order valence-corrected chi connectivity index (χ1v) is 9.03. The van der Waals surface area contributed by atoms with Crippen molar-refractivity contribution in [3.63, 3.8) is 0 Å². The minimum atomic E-state index is -0.0472. The Hall–Kier alpha value is -1.65. The second-order valence-corrected chi connectivity index (χ2v) is 7.17. The average Bonchev–Trinajstić information content (AvgIpc) is 2.56. The summed E-state index contributed by atoms with van der Waals surface area (Å²) in [5, 5.41) is 3.15. The molecule has 2 heterocycles. The Morgan fingerprint density at radius 2 is 1.83 bits per heavy atom. The molecule has 1 saturated carbocycles. The van der Waals surface area contributed by atoms with Gasteiger partial charge in [0.05, 0.1) is 0 Å². The number of amides is 1. The maximum Gasteiger partial charge on any atom is 0.270 e. The normalized spacial score (nSPS) is 20.5. The zero-order valence-electron chi connectivity index (χ0n) is 14.3. The summed E-state index contributed by atoms with van der Waals surface area (Å²) in [5.41, 5.74) is 1.37. The van der Waals surface area contributed by atoms with E-state index in [1.165, 1.54) is 32.1 Å². The van der Waals surface area contributed by atoms with Crippen LogP contribution in [-0.2, 0) is 0 Å². The molecule has 5 heteroatoms. The summed E-state index contributed by atoms with van der Waals surface area (Å²) < 4.78 is 0. The van der Waals surface area contributed by atoms with E-state index in [-0.39, 0.29) is 5.91 Å². The molecule has 3 rings (SSSR count). The Labute approximate surface area is 138 Å². The molecule has 0 aromatic carbocycles. The topological polar surface area (TPSA) is 58.1 Å². The summed E-state index contributed by atoms with van der Waals surface area (Å²) in [6.45, 7) is 6.19. The largest absolute Gasteiger partial charge is 0.348 e. The van der Waals surface area contributed by atoms with Crippen molar-refractivity contribution in [2.24, 2.45) is 5.92 Å². The summed E-state index contributed by atoms with van der Waals surface area (Å²) >= 11 is 0. The fourth-order valence-electron chi connectivity index (χ4n) is 3.53. The number of hydrogen-bond acceptors (Lipinski definition) is 4. The highest BCUT2D eigenvalue weighted by Crippen LogP contribution is 2.21. The van der Waals surface area contributed by atoms with Gasteiger partial charge in [0.2, 0.25) is 5.95 Å². The molecule has 1 saturated heterocycles. The monoisotopic (exact) mass is 316 g/mol. The Kier molecular flexibility index (Phi) is 5.13. The first-order valence-electron chi connectivity index (χ1n) is 9.03. The molecule has 1 amide bonds. The number of rotatable bonds is 3. The molecule has 0 unspecified atom stereocenters. The van der Waals surface area contributed by atoms with Crippen molar-refractivity contribution in [1.82, 2.24) is 15.3 Å². The molecule has 5 nitrogen and oxygen atoms in total. The molecule has 0 radical (unpaired) electrons. The molecule has 1 aliphatic heterocycles. The van der Waals surface area contributed by atoms with Crippen molar-refractivity contribution in [3.05, 3.63) is 17.5 Å². The highest BCUT2D eigenvalue weighted by Gasteiger charge is 2.21. The fraction of sp³-hybridized carbons (Fsp3) is 0.722. The van der Waals surface area contributed by atoms with Crippen LogP contribution in [0.2, 0.25) is 0 Å². The SMILES string of the molecule is Cc1cc(C(=O)NC2CCCCC2)nc(N2CCC(C)CC2)n1. The lowest BCUT2D eigenvalue weighted by atomic mass is 9.95. The van der Waals surface area contributed by atoms with Crippen molar-refractivity contribution >= 4 is 11.9 Å². The standard InChI is InChI=1S/C18H28N4O/c1-13-8-10-22(11-9-13)18-19-14(2)12-16(21-18)17(23)20-15-6-4-3-5-7-15/h12-13,15H,3-11H2,1-2H3,(H,20,23). The van der Waals surface area contributed by atoms with Gasteiger partial charge >= 0.3 is 0 Å². The van der Waals surface area contributed by atoms with Gasteiger partial charge in [-0.2, -0.15) is 0 Å². The van der Waals surface area contributed by atoms with Gasteiger partial charge in [0, 0.05) is 24.8 Å². The number of nitrogens with zero attached hydrogens (tertiary/aromatic N) is 3. The molecule has 1 aliphatic carbocycles. The predicted octanol–water partition coefficient (Wildman–Crippen LogP) is 3.08. The summed E-state index contributed by atoms with van der Waals surface area (Å²) in [6, 6.07) is 2.11. The lowest BCUT2D eigenvalue weighted by molar-refractivity contribution is 0.0922. The van der Waals surface area contributed by atoms with Gasteiger partial charge in [-0.25, -0.2) is 9.97 Å². The van der Waals surface area contributed by atoms with Crippen molar-refractivity contribution < 1.29 is 4.79 Å². The lowest BCUT2D eigenvalue weighted by Crippen LogP contribution is -2.38. The highest BCUT2D eigenvalue weighted by atomic mass is 16.1. The summed E-state index contributed by atoms with van der Waals surface area (Å²) in [6.07, 6.45) is 8.23. The molecule has 1 aromatic rings. The van der Waals surface area contributed by atoms with Crippen LogP contribution in [0.15, 0.2) is 6.07 Å². The molecule has 126 valence electrons. The third-order valence-corrected chi connectivity index (χ3v) is 5.08. The van der Waals surface area contributed by atoms with Crippen molar-refractivity contribution in [2.75, 3.05) is 18.0 Å². The number of anilines is 1. The predicted molar refractivity (Wildman–Crippen MR) is 91.7 cm³/mol. The second kappa shape index (κ2) is 7.28. The van der Waals surface area contributed by atoms with Crippen LogP contribution >= 0.6 is 0 Å². The number of aryl methyl sites for hydroxylation is 1. The van der Waals surface area contributed by atoms with Crippen molar-refractivity contribution in [3.8, 4) is 0 Å². The second-order valence-electron chi connectivity index (χ2n) is 7.17. The zero-order valence-corrected chi connectivity index (χ0v) is 14.3. The van der Waals surface area contributed by atoms with E-state index in [1.807, 2.05) is 6.92 Å². The molecule has 1 aromatic heterocycles. The number of carbonyl (C=O) groups is 1. The van der Waals surface area contributed by atoms with Crippen LogP contribution in [0.1, 0.15) is 68.1 Å². The molecule has 1 N–H and O–H groups in total. The van der Waals surface area contributed by atoms with E-state index in [9.17, 15) is 4.79 Å². The van der Waals surface area contributed by atoms with Gasteiger partial charge in [-0.1, -0.05) is 26.2 Å². The summed E-state index contributed by atoms with van der Waals surface area (Å²) in [5.74, 6) is 1.44. The number of carbonyl (C=O) groups excluding carboxylic acids is 1. The molecule has 23 heavy (non-hydrogen) atoms. The Morgan fingerprint density at radius 3 is 2.52 bits per heavy atom. The maximum absolute atomic E-state index is 12.5. The van der Waals surface area contributed by atoms with E-state index in [0.29, 0.717) is 17.7 Å². The Bertz CT molecular complexity index is 546. The van der Waals surface area contributed by atoms with Gasteiger partial charge in [-0.05, 0) is 44.6 Å². The maximum atomic E-state index is 12.5.